The van der Waals surface area contributed by atoms with E-state index in [9.17, 15) is 0 Å². The molecule has 84 valence electrons. The van der Waals surface area contributed by atoms with Crippen molar-refractivity contribution >= 4 is 5.82 Å². The average molecular weight is 218 g/mol. The van der Waals surface area contributed by atoms with E-state index < -0.39 is 0 Å². The summed E-state index contributed by atoms with van der Waals surface area (Å²) in [5, 5.41) is 3.17. The Morgan fingerprint density at radius 1 is 1.38 bits per heavy atom. The molecule has 0 saturated heterocycles. The van der Waals surface area contributed by atoms with E-state index in [-0.39, 0.29) is 0 Å². The SMILES string of the molecule is CCOc1cccnc1NCc1ccco1. The van der Waals surface area contributed by atoms with Crippen molar-refractivity contribution in [3.05, 3.63) is 42.5 Å². The number of nitrogens with zero attached hydrogens (tertiary/aromatic N) is 1. The van der Waals surface area contributed by atoms with Crippen molar-refractivity contribution < 1.29 is 9.15 Å². The second-order valence-corrected chi connectivity index (χ2v) is 3.22. The predicted molar refractivity (Wildman–Crippen MR) is 61.4 cm³/mol. The van der Waals surface area contributed by atoms with Gasteiger partial charge in [0, 0.05) is 6.20 Å². The molecule has 0 aliphatic heterocycles. The van der Waals surface area contributed by atoms with E-state index in [2.05, 4.69) is 10.3 Å². The number of pyridine rings is 1. The highest BCUT2D eigenvalue weighted by Gasteiger charge is 2.03. The molecule has 0 radical (unpaired) electrons. The van der Waals surface area contributed by atoms with Crippen molar-refractivity contribution in [1.29, 1.82) is 0 Å². The quantitative estimate of drug-likeness (QED) is 0.838. The third-order valence-corrected chi connectivity index (χ3v) is 2.08. The molecule has 1 N–H and O–H groups in total. The number of nitrogens with one attached hydrogen (secondary N) is 1. The molecule has 0 amide bonds. The maximum Gasteiger partial charge on any atom is 0.169 e. The van der Waals surface area contributed by atoms with E-state index in [0.717, 1.165) is 17.3 Å². The lowest BCUT2D eigenvalue weighted by Gasteiger charge is -2.09. The van der Waals surface area contributed by atoms with Crippen molar-refractivity contribution in [3.8, 4) is 5.75 Å². The minimum atomic E-state index is 0.601. The summed E-state index contributed by atoms with van der Waals surface area (Å²) >= 11 is 0. The minimum Gasteiger partial charge on any atom is -0.490 e. The summed E-state index contributed by atoms with van der Waals surface area (Å²) in [7, 11) is 0. The zero-order valence-corrected chi connectivity index (χ0v) is 9.14. The van der Waals surface area contributed by atoms with E-state index in [1.54, 1.807) is 12.5 Å². The van der Waals surface area contributed by atoms with Gasteiger partial charge in [0.05, 0.1) is 19.4 Å². The number of hydrogen-bond acceptors (Lipinski definition) is 4. The van der Waals surface area contributed by atoms with E-state index in [1.165, 1.54) is 0 Å². The molecule has 0 atom stereocenters. The fourth-order valence-electron chi connectivity index (χ4n) is 1.38. The maximum atomic E-state index is 5.45. The average Bonchev–Trinajstić information content (AvgIpc) is 2.81. The topological polar surface area (TPSA) is 47.3 Å². The third-order valence-electron chi connectivity index (χ3n) is 2.08. The van der Waals surface area contributed by atoms with E-state index in [1.807, 2.05) is 31.2 Å². The minimum absolute atomic E-state index is 0.601. The summed E-state index contributed by atoms with van der Waals surface area (Å²) in [4.78, 5) is 4.22. The molecule has 2 heterocycles. The number of rotatable bonds is 5. The summed E-state index contributed by atoms with van der Waals surface area (Å²) in [5.41, 5.74) is 0. The summed E-state index contributed by atoms with van der Waals surface area (Å²) in [6.07, 6.45) is 3.38. The van der Waals surface area contributed by atoms with Gasteiger partial charge >= 0.3 is 0 Å². The standard InChI is InChI=1S/C12H14N2O2/c1-2-15-11-6-3-7-13-12(11)14-9-10-5-4-8-16-10/h3-8H,2,9H2,1H3,(H,13,14). The summed E-state index contributed by atoms with van der Waals surface area (Å²) in [5.74, 6) is 2.37. The highest BCUT2D eigenvalue weighted by atomic mass is 16.5. The molecule has 0 aliphatic carbocycles. The molecule has 0 bridgehead atoms. The second-order valence-electron chi connectivity index (χ2n) is 3.22. The number of furan rings is 1. The van der Waals surface area contributed by atoms with Gasteiger partial charge in [-0.1, -0.05) is 0 Å². The van der Waals surface area contributed by atoms with Gasteiger partial charge in [0.1, 0.15) is 5.76 Å². The molecule has 4 heteroatoms. The first-order chi connectivity index (χ1) is 7.90. The van der Waals surface area contributed by atoms with Gasteiger partial charge in [0.2, 0.25) is 0 Å². The first kappa shape index (κ1) is 10.5. The Bertz CT molecular complexity index is 426. The van der Waals surface area contributed by atoms with Gasteiger partial charge in [-0.15, -0.1) is 0 Å². The van der Waals surface area contributed by atoms with Crippen molar-refractivity contribution in [2.75, 3.05) is 11.9 Å². The van der Waals surface area contributed by atoms with Gasteiger partial charge in [-0.25, -0.2) is 4.98 Å². The van der Waals surface area contributed by atoms with Crippen molar-refractivity contribution in [2.24, 2.45) is 0 Å². The molecular formula is C12H14N2O2. The molecular weight excluding hydrogens is 204 g/mol. The van der Waals surface area contributed by atoms with Crippen molar-refractivity contribution in [2.45, 2.75) is 13.5 Å². The summed E-state index contributed by atoms with van der Waals surface area (Å²) < 4.78 is 10.7. The van der Waals surface area contributed by atoms with Crippen LogP contribution in [0.15, 0.2) is 41.1 Å². The highest BCUT2D eigenvalue weighted by molar-refractivity contribution is 5.49. The maximum absolute atomic E-state index is 5.45. The third kappa shape index (κ3) is 2.53. The Balaban J connectivity index is 2.03. The zero-order chi connectivity index (χ0) is 11.2. The monoisotopic (exact) mass is 218 g/mol. The number of ether oxygens (including phenoxy) is 1. The van der Waals surface area contributed by atoms with Gasteiger partial charge in [-0.2, -0.15) is 0 Å². The molecule has 0 unspecified atom stereocenters. The zero-order valence-electron chi connectivity index (χ0n) is 9.14. The van der Waals surface area contributed by atoms with Crippen molar-refractivity contribution in [1.82, 2.24) is 4.98 Å². The Morgan fingerprint density at radius 2 is 2.31 bits per heavy atom. The lowest BCUT2D eigenvalue weighted by atomic mass is 10.4. The molecule has 0 spiro atoms. The van der Waals surface area contributed by atoms with Crippen LogP contribution >= 0.6 is 0 Å². The van der Waals surface area contributed by atoms with Gasteiger partial charge in [-0.3, -0.25) is 0 Å². The van der Waals surface area contributed by atoms with E-state index >= 15 is 0 Å². The van der Waals surface area contributed by atoms with E-state index in [0.29, 0.717) is 13.2 Å². The number of aromatic nitrogens is 1. The normalized spacial score (nSPS) is 10.1. The van der Waals surface area contributed by atoms with Crippen LogP contribution in [0.3, 0.4) is 0 Å². The van der Waals surface area contributed by atoms with Crippen molar-refractivity contribution in [3.63, 3.8) is 0 Å². The van der Waals surface area contributed by atoms with Crippen LogP contribution in [0.25, 0.3) is 0 Å². The van der Waals surface area contributed by atoms with E-state index in [4.69, 9.17) is 9.15 Å². The summed E-state index contributed by atoms with van der Waals surface area (Å²) in [6, 6.07) is 7.51. The lowest BCUT2D eigenvalue weighted by Crippen LogP contribution is -2.03. The van der Waals surface area contributed by atoms with Crippen LogP contribution in [-0.4, -0.2) is 11.6 Å². The van der Waals surface area contributed by atoms with Gasteiger partial charge in [0.15, 0.2) is 11.6 Å². The second kappa shape index (κ2) is 5.21. The predicted octanol–water partition coefficient (Wildman–Crippen LogP) is 2.69. The lowest BCUT2D eigenvalue weighted by molar-refractivity contribution is 0.340. The molecule has 2 rings (SSSR count). The van der Waals surface area contributed by atoms with Crippen LogP contribution in [0.4, 0.5) is 5.82 Å². The van der Waals surface area contributed by atoms with Crippen LogP contribution < -0.4 is 10.1 Å². The largest absolute Gasteiger partial charge is 0.490 e. The Labute approximate surface area is 94.3 Å². The van der Waals surface area contributed by atoms with Gasteiger partial charge in [0.25, 0.3) is 0 Å². The van der Waals surface area contributed by atoms with Crippen LogP contribution in [0.2, 0.25) is 0 Å². The Kier molecular flexibility index (Phi) is 3.43. The van der Waals surface area contributed by atoms with Crippen LogP contribution in [0.1, 0.15) is 12.7 Å². The smallest absolute Gasteiger partial charge is 0.169 e. The highest BCUT2D eigenvalue weighted by Crippen LogP contribution is 2.21. The first-order valence-corrected chi connectivity index (χ1v) is 5.24. The van der Waals surface area contributed by atoms with Gasteiger partial charge in [-0.05, 0) is 31.2 Å². The van der Waals surface area contributed by atoms with Crippen LogP contribution in [0.5, 0.6) is 5.75 Å². The molecule has 16 heavy (non-hydrogen) atoms. The Hall–Kier alpha value is -1.97. The van der Waals surface area contributed by atoms with Crippen LogP contribution in [-0.2, 0) is 6.54 Å². The first-order valence-electron chi connectivity index (χ1n) is 5.24. The van der Waals surface area contributed by atoms with Gasteiger partial charge < -0.3 is 14.5 Å². The van der Waals surface area contributed by atoms with Crippen LogP contribution in [0, 0.1) is 0 Å². The summed E-state index contributed by atoms with van der Waals surface area (Å²) in [6.45, 7) is 3.18. The number of hydrogen-bond donors (Lipinski definition) is 1. The Morgan fingerprint density at radius 3 is 3.06 bits per heavy atom. The molecule has 0 fully saturated rings. The fraction of sp³-hybridized carbons (Fsp3) is 0.250. The molecule has 0 aromatic carbocycles. The molecule has 4 nitrogen and oxygen atoms in total. The molecule has 2 aromatic heterocycles. The molecule has 0 aliphatic rings. The molecule has 0 saturated carbocycles. The fourth-order valence-corrected chi connectivity index (χ4v) is 1.38. The number of anilines is 1. The molecule has 2 aromatic rings.